The van der Waals surface area contributed by atoms with Crippen LogP contribution in [0.5, 0.6) is 0 Å². The normalized spacial score (nSPS) is 21.8. The molecule has 1 fully saturated rings. The van der Waals surface area contributed by atoms with E-state index in [1.165, 1.54) is 0 Å². The molecule has 20 heavy (non-hydrogen) atoms. The number of sulfonamides is 1. The average Bonchev–Trinajstić information content (AvgIpc) is 2.41. The predicted octanol–water partition coefficient (Wildman–Crippen LogP) is -0.862. The lowest BCUT2D eigenvalue weighted by Gasteiger charge is -2.34. The molecular formula is C12H25N3O4S. The van der Waals surface area contributed by atoms with Crippen molar-refractivity contribution in [1.29, 1.82) is 0 Å². The summed E-state index contributed by atoms with van der Waals surface area (Å²) in [6, 6.07) is -0.545. The van der Waals surface area contributed by atoms with Crippen LogP contribution < -0.4 is 10.5 Å². The number of hydrogen-bond acceptors (Lipinski definition) is 5. The molecule has 7 nitrogen and oxygen atoms in total. The van der Waals surface area contributed by atoms with Crippen molar-refractivity contribution in [3.8, 4) is 0 Å². The molecule has 1 aliphatic heterocycles. The van der Waals surface area contributed by atoms with Crippen LogP contribution in [0.15, 0.2) is 0 Å². The van der Waals surface area contributed by atoms with Gasteiger partial charge in [0.2, 0.25) is 15.9 Å². The van der Waals surface area contributed by atoms with Gasteiger partial charge in [0.25, 0.3) is 0 Å². The highest BCUT2D eigenvalue weighted by atomic mass is 32.2. The molecule has 0 aromatic carbocycles. The van der Waals surface area contributed by atoms with Crippen molar-refractivity contribution < 1.29 is 17.9 Å². The molecule has 1 aliphatic rings. The molecule has 8 heteroatoms. The highest BCUT2D eigenvalue weighted by Gasteiger charge is 2.27. The lowest BCUT2D eigenvalue weighted by Crippen LogP contribution is -2.49. The Kier molecular flexibility index (Phi) is 6.87. The molecule has 118 valence electrons. The Labute approximate surface area is 120 Å². The van der Waals surface area contributed by atoms with Gasteiger partial charge < -0.3 is 15.4 Å². The Balaban J connectivity index is 2.45. The number of nitrogens with one attached hydrogen (secondary N) is 1. The van der Waals surface area contributed by atoms with E-state index in [-0.39, 0.29) is 11.8 Å². The number of carbonyl (C=O) groups is 1. The Hall–Kier alpha value is -0.700. The fourth-order valence-electron chi connectivity index (χ4n) is 2.30. The van der Waals surface area contributed by atoms with Gasteiger partial charge in [0.05, 0.1) is 12.3 Å². The van der Waals surface area contributed by atoms with Crippen LogP contribution in [0.4, 0.5) is 0 Å². The first kappa shape index (κ1) is 17.4. The zero-order valence-corrected chi connectivity index (χ0v) is 13.0. The summed E-state index contributed by atoms with van der Waals surface area (Å²) in [5.41, 5.74) is 5.84. The van der Waals surface area contributed by atoms with Crippen molar-refractivity contribution in [3.05, 3.63) is 0 Å². The van der Waals surface area contributed by atoms with E-state index in [2.05, 4.69) is 4.72 Å². The summed E-state index contributed by atoms with van der Waals surface area (Å²) in [7, 11) is -1.61. The summed E-state index contributed by atoms with van der Waals surface area (Å²) in [6.45, 7) is 2.08. The van der Waals surface area contributed by atoms with E-state index in [9.17, 15) is 13.2 Å². The number of rotatable bonds is 7. The highest BCUT2D eigenvalue weighted by Crippen LogP contribution is 2.17. The third-order valence-electron chi connectivity index (χ3n) is 3.42. The van der Waals surface area contributed by atoms with Gasteiger partial charge in [-0.15, -0.1) is 0 Å². The topological polar surface area (TPSA) is 102 Å². The van der Waals surface area contributed by atoms with Crippen LogP contribution in [0, 0.1) is 5.92 Å². The summed E-state index contributed by atoms with van der Waals surface area (Å²) in [4.78, 5) is 13.9. The van der Waals surface area contributed by atoms with Crippen LogP contribution >= 0.6 is 0 Å². The fourth-order valence-corrected chi connectivity index (χ4v) is 2.84. The van der Waals surface area contributed by atoms with Gasteiger partial charge in [0.1, 0.15) is 0 Å². The highest BCUT2D eigenvalue weighted by molar-refractivity contribution is 7.88. The lowest BCUT2D eigenvalue weighted by atomic mass is 9.97. The molecule has 0 saturated carbocycles. The van der Waals surface area contributed by atoms with E-state index in [1.807, 2.05) is 0 Å². The fraction of sp³-hybridized carbons (Fsp3) is 0.917. The van der Waals surface area contributed by atoms with Gasteiger partial charge in [0, 0.05) is 33.4 Å². The van der Waals surface area contributed by atoms with Crippen LogP contribution in [0.3, 0.4) is 0 Å². The van der Waals surface area contributed by atoms with Crippen LogP contribution in [0.2, 0.25) is 0 Å². The molecule has 0 bridgehead atoms. The van der Waals surface area contributed by atoms with Gasteiger partial charge in [-0.05, 0) is 25.2 Å². The standard InChI is InChI=1S/C12H25N3O4S/c1-19-7-5-11(13)12(16)15-6-3-4-10(9-15)8-14-20(2,17)18/h10-11,14H,3-9,13H2,1-2H3. The minimum atomic E-state index is -3.18. The number of piperidine rings is 1. The second-order valence-corrected chi connectivity index (χ2v) is 7.13. The monoisotopic (exact) mass is 307 g/mol. The molecule has 1 rings (SSSR count). The van der Waals surface area contributed by atoms with Gasteiger partial charge in [-0.3, -0.25) is 4.79 Å². The minimum Gasteiger partial charge on any atom is -0.385 e. The molecular weight excluding hydrogens is 282 g/mol. The van der Waals surface area contributed by atoms with Gasteiger partial charge in [-0.25, -0.2) is 13.1 Å². The molecule has 1 saturated heterocycles. The molecule has 1 amide bonds. The molecule has 0 radical (unpaired) electrons. The number of nitrogens with zero attached hydrogens (tertiary/aromatic N) is 1. The summed E-state index contributed by atoms with van der Waals surface area (Å²) < 4.78 is 29.6. The van der Waals surface area contributed by atoms with Crippen molar-refractivity contribution in [2.45, 2.75) is 25.3 Å². The van der Waals surface area contributed by atoms with Gasteiger partial charge >= 0.3 is 0 Å². The number of ether oxygens (including phenoxy) is 1. The molecule has 0 aromatic heterocycles. The van der Waals surface area contributed by atoms with Crippen molar-refractivity contribution in [1.82, 2.24) is 9.62 Å². The smallest absolute Gasteiger partial charge is 0.239 e. The maximum atomic E-state index is 12.2. The Bertz CT molecular complexity index is 413. The van der Waals surface area contributed by atoms with E-state index in [0.717, 1.165) is 19.1 Å². The van der Waals surface area contributed by atoms with Crippen molar-refractivity contribution in [2.75, 3.05) is 39.6 Å². The van der Waals surface area contributed by atoms with E-state index in [1.54, 1.807) is 12.0 Å². The molecule has 0 aliphatic carbocycles. The SMILES string of the molecule is COCCC(N)C(=O)N1CCCC(CNS(C)(=O)=O)C1. The number of amides is 1. The van der Waals surface area contributed by atoms with Crippen LogP contribution in [-0.4, -0.2) is 64.9 Å². The third-order valence-corrected chi connectivity index (χ3v) is 4.11. The van der Waals surface area contributed by atoms with E-state index < -0.39 is 16.1 Å². The van der Waals surface area contributed by atoms with Crippen LogP contribution in [0.25, 0.3) is 0 Å². The second kappa shape index (κ2) is 7.92. The maximum absolute atomic E-state index is 12.2. The average molecular weight is 307 g/mol. The first-order chi connectivity index (χ1) is 9.33. The molecule has 0 aromatic rings. The number of likely N-dealkylation sites (tertiary alicyclic amines) is 1. The zero-order chi connectivity index (χ0) is 15.2. The number of hydrogen-bond donors (Lipinski definition) is 2. The van der Waals surface area contributed by atoms with Crippen molar-refractivity contribution in [3.63, 3.8) is 0 Å². The Morgan fingerprint density at radius 2 is 2.25 bits per heavy atom. The lowest BCUT2D eigenvalue weighted by molar-refractivity contribution is -0.134. The minimum absolute atomic E-state index is 0.0777. The molecule has 2 unspecified atom stereocenters. The second-order valence-electron chi connectivity index (χ2n) is 5.30. The van der Waals surface area contributed by atoms with Gasteiger partial charge in [-0.1, -0.05) is 0 Å². The summed E-state index contributed by atoms with van der Waals surface area (Å²) in [5.74, 6) is 0.0724. The first-order valence-electron chi connectivity index (χ1n) is 6.81. The van der Waals surface area contributed by atoms with Gasteiger partial charge in [0.15, 0.2) is 0 Å². The summed E-state index contributed by atoms with van der Waals surface area (Å²) >= 11 is 0. The molecule has 2 atom stereocenters. The van der Waals surface area contributed by atoms with Crippen LogP contribution in [-0.2, 0) is 19.6 Å². The quantitative estimate of drug-likeness (QED) is 0.637. The van der Waals surface area contributed by atoms with Crippen molar-refractivity contribution in [2.24, 2.45) is 11.7 Å². The number of carbonyl (C=O) groups excluding carboxylic acids is 1. The Morgan fingerprint density at radius 3 is 2.85 bits per heavy atom. The number of nitrogens with two attached hydrogens (primary N) is 1. The molecule has 1 heterocycles. The number of methoxy groups -OCH3 is 1. The predicted molar refractivity (Wildman–Crippen MR) is 76.6 cm³/mol. The first-order valence-corrected chi connectivity index (χ1v) is 8.70. The van der Waals surface area contributed by atoms with Crippen molar-refractivity contribution >= 4 is 15.9 Å². The largest absolute Gasteiger partial charge is 0.385 e. The van der Waals surface area contributed by atoms with E-state index >= 15 is 0 Å². The molecule has 3 N–H and O–H groups in total. The zero-order valence-electron chi connectivity index (χ0n) is 12.2. The summed E-state index contributed by atoms with van der Waals surface area (Å²) in [6.07, 6.45) is 3.43. The van der Waals surface area contributed by atoms with E-state index in [4.69, 9.17) is 10.5 Å². The van der Waals surface area contributed by atoms with E-state index in [0.29, 0.717) is 32.7 Å². The van der Waals surface area contributed by atoms with Crippen LogP contribution in [0.1, 0.15) is 19.3 Å². The summed E-state index contributed by atoms with van der Waals surface area (Å²) in [5, 5.41) is 0. The van der Waals surface area contributed by atoms with Gasteiger partial charge in [-0.2, -0.15) is 0 Å². The maximum Gasteiger partial charge on any atom is 0.239 e. The molecule has 0 spiro atoms. The Morgan fingerprint density at radius 1 is 1.55 bits per heavy atom. The third kappa shape index (κ3) is 6.17.